The van der Waals surface area contributed by atoms with Crippen molar-refractivity contribution in [3.05, 3.63) is 0 Å². The van der Waals surface area contributed by atoms with Crippen LogP contribution in [0.15, 0.2) is 0 Å². The summed E-state index contributed by atoms with van der Waals surface area (Å²) in [6.07, 6.45) is -3.92. The van der Waals surface area contributed by atoms with Gasteiger partial charge in [-0.05, 0) is 12.8 Å². The molecule has 0 spiro atoms. The number of rotatable bonds is 1. The number of likely N-dealkylation sites (tertiary alicyclic amines) is 1. The first-order valence-corrected chi connectivity index (χ1v) is 4.03. The van der Waals surface area contributed by atoms with Crippen LogP contribution in [0, 0.1) is 0 Å². The second-order valence-corrected chi connectivity index (χ2v) is 2.99. The zero-order chi connectivity index (χ0) is 10.1. The van der Waals surface area contributed by atoms with E-state index in [1.54, 1.807) is 0 Å². The highest BCUT2D eigenvalue weighted by Crippen LogP contribution is 2.32. The minimum atomic E-state index is -4.32. The van der Waals surface area contributed by atoms with Gasteiger partial charge in [-0.2, -0.15) is 13.2 Å². The Morgan fingerprint density at radius 3 is 2.62 bits per heavy atom. The van der Waals surface area contributed by atoms with E-state index in [9.17, 15) is 18.0 Å². The summed E-state index contributed by atoms with van der Waals surface area (Å²) in [6, 6.07) is -1.62. The van der Waals surface area contributed by atoms with Gasteiger partial charge in [-0.25, -0.2) is 0 Å². The van der Waals surface area contributed by atoms with Crippen LogP contribution in [-0.4, -0.2) is 36.1 Å². The van der Waals surface area contributed by atoms with Gasteiger partial charge in [0.25, 0.3) is 0 Å². The Bertz CT molecular complexity index is 204. The highest BCUT2D eigenvalue weighted by atomic mass is 19.4. The molecule has 1 aliphatic heterocycles. The van der Waals surface area contributed by atoms with Crippen LogP contribution >= 0.6 is 0 Å². The monoisotopic (exact) mass is 196 g/mol. The third kappa shape index (κ3) is 2.12. The van der Waals surface area contributed by atoms with Gasteiger partial charge in [0.1, 0.15) is 6.04 Å². The molecule has 1 fully saturated rings. The molecule has 0 radical (unpaired) electrons. The zero-order valence-electron chi connectivity index (χ0n) is 6.97. The fourth-order valence-electron chi connectivity index (χ4n) is 1.52. The van der Waals surface area contributed by atoms with E-state index in [4.69, 9.17) is 5.73 Å². The van der Waals surface area contributed by atoms with Gasteiger partial charge in [0, 0.05) is 6.54 Å². The van der Waals surface area contributed by atoms with E-state index in [0.717, 1.165) is 4.90 Å². The molecule has 1 saturated heterocycles. The van der Waals surface area contributed by atoms with Crippen molar-refractivity contribution < 1.29 is 18.0 Å². The molecule has 1 atom stereocenters. The highest BCUT2D eigenvalue weighted by molar-refractivity contribution is 5.78. The first-order valence-electron chi connectivity index (χ1n) is 4.03. The van der Waals surface area contributed by atoms with E-state index in [-0.39, 0.29) is 19.5 Å². The predicted octanol–water partition coefficient (Wildman–Crippen LogP) is 0.498. The Kier molecular flexibility index (Phi) is 2.80. The zero-order valence-corrected chi connectivity index (χ0v) is 6.97. The van der Waals surface area contributed by atoms with Crippen LogP contribution in [0.25, 0.3) is 0 Å². The van der Waals surface area contributed by atoms with Crippen molar-refractivity contribution >= 4 is 5.91 Å². The molecule has 0 aromatic carbocycles. The standard InChI is InChI=1S/C7H11F3N2O/c8-7(9,10)5-2-1-3-12(5)6(13)4-11/h5H,1-4,11H2/t5-/m1/s1. The molecule has 0 saturated carbocycles. The topological polar surface area (TPSA) is 46.3 Å². The maximum Gasteiger partial charge on any atom is 0.408 e. The molecule has 0 bridgehead atoms. The second-order valence-electron chi connectivity index (χ2n) is 2.99. The fraction of sp³-hybridized carbons (Fsp3) is 0.857. The molecule has 0 aliphatic carbocycles. The summed E-state index contributed by atoms with van der Waals surface area (Å²) in [6.45, 7) is -0.188. The molecule has 1 aliphatic rings. The quantitative estimate of drug-likeness (QED) is 0.663. The third-order valence-electron chi connectivity index (χ3n) is 2.13. The number of amides is 1. The number of carbonyl (C=O) groups is 1. The Morgan fingerprint density at radius 1 is 1.54 bits per heavy atom. The normalized spacial score (nSPS) is 23.7. The van der Waals surface area contributed by atoms with Gasteiger partial charge in [0.2, 0.25) is 5.91 Å². The lowest BCUT2D eigenvalue weighted by atomic mass is 10.2. The van der Waals surface area contributed by atoms with Crippen molar-refractivity contribution in [2.24, 2.45) is 5.73 Å². The van der Waals surface area contributed by atoms with E-state index in [1.807, 2.05) is 0 Å². The van der Waals surface area contributed by atoms with Gasteiger partial charge < -0.3 is 10.6 Å². The van der Waals surface area contributed by atoms with Crippen LogP contribution in [-0.2, 0) is 4.79 Å². The number of nitrogens with zero attached hydrogens (tertiary/aromatic N) is 1. The molecule has 0 unspecified atom stereocenters. The summed E-state index contributed by atoms with van der Waals surface area (Å²) < 4.78 is 36.8. The van der Waals surface area contributed by atoms with Gasteiger partial charge in [-0.15, -0.1) is 0 Å². The average Bonchev–Trinajstić information content (AvgIpc) is 2.49. The third-order valence-corrected chi connectivity index (χ3v) is 2.13. The number of nitrogens with two attached hydrogens (primary N) is 1. The predicted molar refractivity (Wildman–Crippen MR) is 39.8 cm³/mol. The average molecular weight is 196 g/mol. The van der Waals surface area contributed by atoms with Gasteiger partial charge in [-0.1, -0.05) is 0 Å². The summed E-state index contributed by atoms with van der Waals surface area (Å²) in [7, 11) is 0. The van der Waals surface area contributed by atoms with Gasteiger partial charge >= 0.3 is 6.18 Å². The highest BCUT2D eigenvalue weighted by Gasteiger charge is 2.47. The number of carbonyl (C=O) groups excluding carboxylic acids is 1. The van der Waals surface area contributed by atoms with Gasteiger partial charge in [-0.3, -0.25) is 4.79 Å². The van der Waals surface area contributed by atoms with Crippen molar-refractivity contribution in [2.75, 3.05) is 13.1 Å². The summed E-state index contributed by atoms with van der Waals surface area (Å²) in [4.78, 5) is 11.8. The van der Waals surface area contributed by atoms with Gasteiger partial charge in [0.05, 0.1) is 6.54 Å². The Labute approximate surface area is 73.7 Å². The summed E-state index contributed by atoms with van der Waals surface area (Å²) in [5.41, 5.74) is 5.00. The summed E-state index contributed by atoms with van der Waals surface area (Å²) >= 11 is 0. The van der Waals surface area contributed by atoms with E-state index in [2.05, 4.69) is 0 Å². The Morgan fingerprint density at radius 2 is 2.15 bits per heavy atom. The van der Waals surface area contributed by atoms with Crippen molar-refractivity contribution in [3.8, 4) is 0 Å². The molecular formula is C7H11F3N2O. The number of alkyl halides is 3. The molecule has 2 N–H and O–H groups in total. The Balaban J connectivity index is 2.70. The largest absolute Gasteiger partial charge is 0.408 e. The van der Waals surface area contributed by atoms with Crippen LogP contribution in [0.1, 0.15) is 12.8 Å². The van der Waals surface area contributed by atoms with Crippen LogP contribution in [0.3, 0.4) is 0 Å². The minimum absolute atomic E-state index is 0.00472. The van der Waals surface area contributed by atoms with Crippen molar-refractivity contribution in [2.45, 2.75) is 25.1 Å². The SMILES string of the molecule is NCC(=O)N1CCC[C@@H]1C(F)(F)F. The summed E-state index contributed by atoms with van der Waals surface area (Å²) in [5.74, 6) is -0.625. The fourth-order valence-corrected chi connectivity index (χ4v) is 1.52. The molecule has 3 nitrogen and oxygen atoms in total. The lowest BCUT2D eigenvalue weighted by molar-refractivity contribution is -0.182. The molecule has 6 heteroatoms. The number of hydrogen-bond acceptors (Lipinski definition) is 2. The van der Waals surface area contributed by atoms with Crippen LogP contribution in [0.2, 0.25) is 0 Å². The van der Waals surface area contributed by atoms with Crippen molar-refractivity contribution in [1.82, 2.24) is 4.90 Å². The van der Waals surface area contributed by atoms with Crippen LogP contribution in [0.4, 0.5) is 13.2 Å². The molecule has 0 aromatic rings. The molecule has 13 heavy (non-hydrogen) atoms. The van der Waals surface area contributed by atoms with Crippen LogP contribution in [0.5, 0.6) is 0 Å². The lowest BCUT2D eigenvalue weighted by Gasteiger charge is -2.25. The summed E-state index contributed by atoms with van der Waals surface area (Å²) in [5, 5.41) is 0. The molecule has 76 valence electrons. The first kappa shape index (κ1) is 10.3. The first-order chi connectivity index (χ1) is 5.96. The van der Waals surface area contributed by atoms with Crippen molar-refractivity contribution in [1.29, 1.82) is 0 Å². The Hall–Kier alpha value is -0.780. The van der Waals surface area contributed by atoms with Gasteiger partial charge in [0.15, 0.2) is 0 Å². The second kappa shape index (κ2) is 3.53. The number of halogens is 3. The van der Waals surface area contributed by atoms with E-state index >= 15 is 0 Å². The van der Waals surface area contributed by atoms with Crippen LogP contribution < -0.4 is 5.73 Å². The molecule has 0 aromatic heterocycles. The maximum atomic E-state index is 12.3. The maximum absolute atomic E-state index is 12.3. The number of hydrogen-bond donors (Lipinski definition) is 1. The van der Waals surface area contributed by atoms with E-state index in [0.29, 0.717) is 6.42 Å². The molecule has 1 rings (SSSR count). The minimum Gasteiger partial charge on any atom is -0.329 e. The van der Waals surface area contributed by atoms with Crippen molar-refractivity contribution in [3.63, 3.8) is 0 Å². The van der Waals surface area contributed by atoms with E-state index in [1.165, 1.54) is 0 Å². The molecular weight excluding hydrogens is 185 g/mol. The molecule has 1 amide bonds. The molecule has 1 heterocycles. The lowest BCUT2D eigenvalue weighted by Crippen LogP contribution is -2.46. The van der Waals surface area contributed by atoms with E-state index < -0.39 is 18.1 Å². The smallest absolute Gasteiger partial charge is 0.329 e.